The topological polar surface area (TPSA) is 9.23 Å². The molecule has 0 atom stereocenters. The van der Waals surface area contributed by atoms with Gasteiger partial charge >= 0.3 is 0 Å². The molecule has 0 amide bonds. The minimum absolute atomic E-state index is 0.256. The van der Waals surface area contributed by atoms with Gasteiger partial charge < -0.3 is 4.74 Å². The van der Waals surface area contributed by atoms with Gasteiger partial charge in [0.05, 0.1) is 7.11 Å². The van der Waals surface area contributed by atoms with Crippen LogP contribution in [0.1, 0.15) is 20.8 Å². The lowest BCUT2D eigenvalue weighted by molar-refractivity contribution is 0.413. The molecule has 2 heteroatoms. The SMILES string of the molecule is COc1cccc(SC(C)(C)C)c1. The van der Waals surface area contributed by atoms with Crippen molar-refractivity contribution in [3.63, 3.8) is 0 Å². The van der Waals surface area contributed by atoms with Crippen LogP contribution in [0.15, 0.2) is 29.2 Å². The summed E-state index contributed by atoms with van der Waals surface area (Å²) in [5.41, 5.74) is 0. The van der Waals surface area contributed by atoms with Crippen molar-refractivity contribution in [3.05, 3.63) is 24.3 Å². The average molecular weight is 196 g/mol. The van der Waals surface area contributed by atoms with E-state index in [1.54, 1.807) is 7.11 Å². The maximum Gasteiger partial charge on any atom is 0.119 e. The van der Waals surface area contributed by atoms with Gasteiger partial charge in [-0.25, -0.2) is 0 Å². The van der Waals surface area contributed by atoms with Crippen LogP contribution in [0.4, 0.5) is 0 Å². The monoisotopic (exact) mass is 196 g/mol. The van der Waals surface area contributed by atoms with Crippen LogP contribution in [0.3, 0.4) is 0 Å². The highest BCUT2D eigenvalue weighted by Crippen LogP contribution is 2.33. The molecule has 1 nitrogen and oxygen atoms in total. The van der Waals surface area contributed by atoms with Crippen LogP contribution >= 0.6 is 11.8 Å². The predicted molar refractivity (Wildman–Crippen MR) is 58.6 cm³/mol. The van der Waals surface area contributed by atoms with E-state index in [4.69, 9.17) is 4.74 Å². The largest absolute Gasteiger partial charge is 0.497 e. The molecule has 72 valence electrons. The van der Waals surface area contributed by atoms with Crippen molar-refractivity contribution >= 4 is 11.8 Å². The first-order valence-corrected chi connectivity index (χ1v) is 5.16. The molecule has 1 rings (SSSR count). The Morgan fingerprint density at radius 3 is 2.46 bits per heavy atom. The summed E-state index contributed by atoms with van der Waals surface area (Å²) in [7, 11) is 1.70. The fourth-order valence-electron chi connectivity index (χ4n) is 1.02. The standard InChI is InChI=1S/C11H16OS/c1-11(2,3)13-10-7-5-6-9(8-10)12-4/h5-8H,1-4H3. The molecule has 1 aromatic rings. The summed E-state index contributed by atoms with van der Waals surface area (Å²) in [5, 5.41) is 0. The van der Waals surface area contributed by atoms with Gasteiger partial charge in [-0.05, 0) is 18.2 Å². The first-order valence-electron chi connectivity index (χ1n) is 4.34. The summed E-state index contributed by atoms with van der Waals surface area (Å²) in [6.07, 6.45) is 0. The molecule has 0 radical (unpaired) electrons. The molecule has 0 heterocycles. The highest BCUT2D eigenvalue weighted by molar-refractivity contribution is 8.00. The summed E-state index contributed by atoms with van der Waals surface area (Å²) in [5.74, 6) is 0.925. The van der Waals surface area contributed by atoms with Crippen molar-refractivity contribution in [2.45, 2.75) is 30.4 Å². The van der Waals surface area contributed by atoms with E-state index in [9.17, 15) is 0 Å². The Bertz CT molecular complexity index is 276. The van der Waals surface area contributed by atoms with Crippen LogP contribution in [-0.2, 0) is 0 Å². The van der Waals surface area contributed by atoms with E-state index in [-0.39, 0.29) is 4.75 Å². The van der Waals surface area contributed by atoms with E-state index in [2.05, 4.69) is 32.9 Å². The molecule has 0 aliphatic heterocycles. The Hall–Kier alpha value is -0.630. The van der Waals surface area contributed by atoms with Crippen LogP contribution < -0.4 is 4.74 Å². The van der Waals surface area contributed by atoms with E-state index >= 15 is 0 Å². The van der Waals surface area contributed by atoms with Gasteiger partial charge in [0.1, 0.15) is 5.75 Å². The minimum atomic E-state index is 0.256. The van der Waals surface area contributed by atoms with Gasteiger partial charge in [-0.15, -0.1) is 11.8 Å². The van der Waals surface area contributed by atoms with Crippen LogP contribution in [-0.4, -0.2) is 11.9 Å². The number of thioether (sulfide) groups is 1. The van der Waals surface area contributed by atoms with Crippen molar-refractivity contribution in [3.8, 4) is 5.75 Å². The Morgan fingerprint density at radius 2 is 1.92 bits per heavy atom. The molecule has 0 spiro atoms. The molecular weight excluding hydrogens is 180 g/mol. The van der Waals surface area contributed by atoms with E-state index in [0.717, 1.165) is 5.75 Å². The zero-order valence-corrected chi connectivity index (χ0v) is 9.44. The zero-order valence-electron chi connectivity index (χ0n) is 8.63. The fraction of sp³-hybridized carbons (Fsp3) is 0.455. The van der Waals surface area contributed by atoms with Gasteiger partial charge in [-0.1, -0.05) is 26.8 Å². The average Bonchev–Trinajstić information content (AvgIpc) is 2.01. The second-order valence-corrected chi connectivity index (χ2v) is 5.79. The lowest BCUT2D eigenvalue weighted by Gasteiger charge is -2.17. The second kappa shape index (κ2) is 4.05. The van der Waals surface area contributed by atoms with Crippen LogP contribution in [0.25, 0.3) is 0 Å². The molecule has 0 aliphatic carbocycles. The second-order valence-electron chi connectivity index (χ2n) is 3.89. The third-order valence-corrected chi connectivity index (χ3v) is 2.57. The van der Waals surface area contributed by atoms with Gasteiger partial charge in [0.15, 0.2) is 0 Å². The number of benzene rings is 1. The van der Waals surface area contributed by atoms with E-state index < -0.39 is 0 Å². The molecule has 0 saturated heterocycles. The van der Waals surface area contributed by atoms with Crippen LogP contribution in [0.2, 0.25) is 0 Å². The first-order chi connectivity index (χ1) is 6.01. The van der Waals surface area contributed by atoms with Crippen molar-refractivity contribution in [1.82, 2.24) is 0 Å². The van der Waals surface area contributed by atoms with Gasteiger partial charge in [0.25, 0.3) is 0 Å². The van der Waals surface area contributed by atoms with Gasteiger partial charge in [0.2, 0.25) is 0 Å². The van der Waals surface area contributed by atoms with Crippen molar-refractivity contribution in [1.29, 1.82) is 0 Å². The van der Waals surface area contributed by atoms with E-state index in [1.165, 1.54) is 4.90 Å². The quantitative estimate of drug-likeness (QED) is 0.669. The summed E-state index contributed by atoms with van der Waals surface area (Å²) >= 11 is 1.85. The number of hydrogen-bond acceptors (Lipinski definition) is 2. The Kier molecular flexibility index (Phi) is 3.26. The Morgan fingerprint density at radius 1 is 1.23 bits per heavy atom. The molecule has 1 aromatic carbocycles. The van der Waals surface area contributed by atoms with E-state index in [1.807, 2.05) is 23.9 Å². The molecule has 0 unspecified atom stereocenters. The number of methoxy groups -OCH3 is 1. The Balaban J connectivity index is 2.78. The lowest BCUT2D eigenvalue weighted by atomic mass is 10.3. The first kappa shape index (κ1) is 10.5. The van der Waals surface area contributed by atoms with E-state index in [0.29, 0.717) is 0 Å². The molecule has 0 aliphatic rings. The van der Waals surface area contributed by atoms with Gasteiger partial charge in [0, 0.05) is 9.64 Å². The molecular formula is C11H16OS. The predicted octanol–water partition coefficient (Wildman–Crippen LogP) is 3.59. The number of rotatable bonds is 2. The number of hydrogen-bond donors (Lipinski definition) is 0. The fourth-order valence-corrected chi connectivity index (χ4v) is 2.05. The summed E-state index contributed by atoms with van der Waals surface area (Å²) < 4.78 is 5.41. The van der Waals surface area contributed by atoms with Crippen LogP contribution in [0, 0.1) is 0 Å². The summed E-state index contributed by atoms with van der Waals surface area (Å²) in [6.45, 7) is 6.62. The third-order valence-electron chi connectivity index (χ3n) is 1.47. The molecule has 0 fully saturated rings. The molecule has 0 bridgehead atoms. The van der Waals surface area contributed by atoms with Crippen molar-refractivity contribution < 1.29 is 4.74 Å². The van der Waals surface area contributed by atoms with Crippen molar-refractivity contribution in [2.24, 2.45) is 0 Å². The number of ether oxygens (including phenoxy) is 1. The Labute approximate surface area is 84.5 Å². The molecule has 0 saturated carbocycles. The highest BCUT2D eigenvalue weighted by Gasteiger charge is 2.11. The van der Waals surface area contributed by atoms with Gasteiger partial charge in [-0.2, -0.15) is 0 Å². The lowest BCUT2D eigenvalue weighted by Crippen LogP contribution is -2.06. The minimum Gasteiger partial charge on any atom is -0.497 e. The highest BCUT2D eigenvalue weighted by atomic mass is 32.2. The molecule has 13 heavy (non-hydrogen) atoms. The third kappa shape index (κ3) is 3.73. The van der Waals surface area contributed by atoms with Crippen LogP contribution in [0.5, 0.6) is 5.75 Å². The zero-order chi connectivity index (χ0) is 9.90. The smallest absolute Gasteiger partial charge is 0.119 e. The van der Waals surface area contributed by atoms with Crippen molar-refractivity contribution in [2.75, 3.05) is 7.11 Å². The maximum atomic E-state index is 5.16. The maximum absolute atomic E-state index is 5.16. The van der Waals surface area contributed by atoms with Gasteiger partial charge in [-0.3, -0.25) is 0 Å². The summed E-state index contributed by atoms with van der Waals surface area (Å²) in [6, 6.07) is 8.16. The normalized spacial score (nSPS) is 11.4. The molecule has 0 N–H and O–H groups in total. The summed E-state index contributed by atoms with van der Waals surface area (Å²) in [4.78, 5) is 1.26. The molecule has 0 aromatic heterocycles.